The SMILES string of the molecule is COC(=O)C[C@@]1(O)c2ccc3cc(OC)ccc3c2CC[C@]1(C)C(=O)OC. The smallest absolute Gasteiger partial charge is 0.314 e. The molecule has 0 saturated heterocycles. The maximum atomic E-state index is 12.6. The Bertz CT molecular complexity index is 905. The van der Waals surface area contributed by atoms with E-state index in [1.54, 1.807) is 20.1 Å². The number of carbonyl (C=O) groups excluding carboxylic acids is 2. The fraction of sp³-hybridized carbons (Fsp3) is 0.429. The van der Waals surface area contributed by atoms with Gasteiger partial charge in [0.1, 0.15) is 11.4 Å². The number of aliphatic hydroxyl groups is 1. The first-order valence-electron chi connectivity index (χ1n) is 8.78. The minimum Gasteiger partial charge on any atom is -0.497 e. The summed E-state index contributed by atoms with van der Waals surface area (Å²) in [6, 6.07) is 9.36. The van der Waals surface area contributed by atoms with E-state index in [1.807, 2.05) is 24.3 Å². The van der Waals surface area contributed by atoms with Crippen molar-refractivity contribution in [1.29, 1.82) is 0 Å². The van der Waals surface area contributed by atoms with Crippen molar-refractivity contribution in [3.63, 3.8) is 0 Å². The van der Waals surface area contributed by atoms with Crippen molar-refractivity contribution in [2.75, 3.05) is 21.3 Å². The molecule has 0 amide bonds. The van der Waals surface area contributed by atoms with Gasteiger partial charge >= 0.3 is 11.9 Å². The van der Waals surface area contributed by atoms with E-state index in [0.29, 0.717) is 18.4 Å². The van der Waals surface area contributed by atoms with Gasteiger partial charge in [0.15, 0.2) is 0 Å². The van der Waals surface area contributed by atoms with E-state index in [0.717, 1.165) is 22.1 Å². The molecule has 2 atom stereocenters. The van der Waals surface area contributed by atoms with Gasteiger partial charge in [-0.15, -0.1) is 0 Å². The van der Waals surface area contributed by atoms with Crippen LogP contribution in [0.2, 0.25) is 0 Å². The van der Waals surface area contributed by atoms with E-state index in [4.69, 9.17) is 14.2 Å². The van der Waals surface area contributed by atoms with Crippen LogP contribution in [0, 0.1) is 5.41 Å². The van der Waals surface area contributed by atoms with Gasteiger partial charge in [-0.25, -0.2) is 0 Å². The molecule has 0 unspecified atom stereocenters. The summed E-state index contributed by atoms with van der Waals surface area (Å²) in [5, 5.41) is 13.6. The molecule has 2 aromatic rings. The monoisotopic (exact) mass is 372 g/mol. The van der Waals surface area contributed by atoms with Crippen molar-refractivity contribution in [3.05, 3.63) is 41.5 Å². The Morgan fingerprint density at radius 1 is 1.11 bits per heavy atom. The van der Waals surface area contributed by atoms with Gasteiger partial charge in [0, 0.05) is 0 Å². The van der Waals surface area contributed by atoms with Crippen LogP contribution in [0.5, 0.6) is 5.75 Å². The van der Waals surface area contributed by atoms with E-state index in [9.17, 15) is 14.7 Å². The zero-order valence-corrected chi connectivity index (χ0v) is 16.0. The van der Waals surface area contributed by atoms with Gasteiger partial charge in [0.25, 0.3) is 0 Å². The second-order valence-corrected chi connectivity index (χ2v) is 7.12. The molecule has 0 bridgehead atoms. The Hall–Kier alpha value is -2.60. The molecule has 144 valence electrons. The van der Waals surface area contributed by atoms with Crippen LogP contribution in [-0.4, -0.2) is 38.4 Å². The van der Waals surface area contributed by atoms with Crippen molar-refractivity contribution in [2.24, 2.45) is 5.41 Å². The van der Waals surface area contributed by atoms with Gasteiger partial charge in [0.2, 0.25) is 0 Å². The van der Waals surface area contributed by atoms with E-state index >= 15 is 0 Å². The van der Waals surface area contributed by atoms with E-state index in [2.05, 4.69) is 0 Å². The molecule has 6 nitrogen and oxygen atoms in total. The third kappa shape index (κ3) is 2.84. The minimum atomic E-state index is -1.73. The predicted octanol–water partition coefficient (Wildman–Crippen LogP) is 2.72. The van der Waals surface area contributed by atoms with Crippen LogP contribution in [0.1, 0.15) is 30.9 Å². The first kappa shape index (κ1) is 19.2. The number of rotatable bonds is 4. The van der Waals surface area contributed by atoms with Gasteiger partial charge < -0.3 is 19.3 Å². The molecule has 0 aliphatic heterocycles. The third-order valence-corrected chi connectivity index (χ3v) is 5.84. The molecule has 3 rings (SSSR count). The molecule has 0 radical (unpaired) electrons. The molecule has 1 aliphatic carbocycles. The molecule has 0 saturated carbocycles. The molecule has 1 aliphatic rings. The Balaban J connectivity index is 2.24. The lowest BCUT2D eigenvalue weighted by atomic mass is 9.60. The van der Waals surface area contributed by atoms with Crippen LogP contribution in [-0.2, 0) is 31.1 Å². The standard InChI is InChI=1S/C21H24O6/c1-20(19(23)27-4)10-9-16-15-7-6-14(25-2)11-13(15)5-8-17(16)21(20,24)12-18(22)26-3/h5-8,11,24H,9-10,12H2,1-4H3/t20-,21-/m1/s1. The molecular formula is C21H24O6. The highest BCUT2D eigenvalue weighted by Crippen LogP contribution is 2.52. The van der Waals surface area contributed by atoms with Crippen LogP contribution < -0.4 is 4.74 Å². The van der Waals surface area contributed by atoms with Crippen molar-refractivity contribution in [3.8, 4) is 5.75 Å². The summed E-state index contributed by atoms with van der Waals surface area (Å²) in [4.78, 5) is 24.7. The number of methoxy groups -OCH3 is 3. The fourth-order valence-electron chi connectivity index (χ4n) is 4.10. The molecule has 6 heteroatoms. The Morgan fingerprint density at radius 3 is 2.48 bits per heavy atom. The first-order valence-corrected chi connectivity index (χ1v) is 8.78. The zero-order chi connectivity index (χ0) is 19.8. The maximum absolute atomic E-state index is 12.6. The molecule has 0 aromatic heterocycles. The summed E-state index contributed by atoms with van der Waals surface area (Å²) < 4.78 is 15.0. The summed E-state index contributed by atoms with van der Waals surface area (Å²) in [7, 11) is 4.16. The van der Waals surface area contributed by atoms with Crippen LogP contribution in [0.3, 0.4) is 0 Å². The molecule has 0 fully saturated rings. The van der Waals surface area contributed by atoms with Crippen LogP contribution >= 0.6 is 0 Å². The number of hydrogen-bond acceptors (Lipinski definition) is 6. The quantitative estimate of drug-likeness (QED) is 0.831. The Labute approximate surface area is 158 Å². The van der Waals surface area contributed by atoms with Crippen molar-refractivity contribution >= 4 is 22.7 Å². The number of aryl methyl sites for hydroxylation is 1. The summed E-state index contributed by atoms with van der Waals surface area (Å²) in [5.41, 5.74) is -1.51. The average molecular weight is 372 g/mol. The summed E-state index contributed by atoms with van der Waals surface area (Å²) in [5.74, 6) is -0.396. The number of benzene rings is 2. The number of carbonyl (C=O) groups is 2. The van der Waals surface area contributed by atoms with Gasteiger partial charge in [-0.1, -0.05) is 18.2 Å². The second kappa shape index (κ2) is 6.85. The number of fused-ring (bicyclic) bond motifs is 3. The minimum absolute atomic E-state index is 0.330. The van der Waals surface area contributed by atoms with E-state index in [-0.39, 0.29) is 6.42 Å². The Kier molecular flexibility index (Phi) is 4.86. The lowest BCUT2D eigenvalue weighted by molar-refractivity contribution is -0.181. The summed E-state index contributed by atoms with van der Waals surface area (Å²) in [6.07, 6.45) is 0.600. The van der Waals surface area contributed by atoms with Crippen molar-refractivity contribution < 1.29 is 28.9 Å². The average Bonchev–Trinajstić information content (AvgIpc) is 2.69. The second-order valence-electron chi connectivity index (χ2n) is 7.12. The first-order chi connectivity index (χ1) is 12.8. The van der Waals surface area contributed by atoms with Crippen LogP contribution in [0.25, 0.3) is 10.8 Å². The largest absolute Gasteiger partial charge is 0.497 e. The number of esters is 2. The van der Waals surface area contributed by atoms with Gasteiger partial charge in [-0.2, -0.15) is 0 Å². The summed E-state index contributed by atoms with van der Waals surface area (Å²) in [6.45, 7) is 1.64. The number of ether oxygens (including phenoxy) is 3. The van der Waals surface area contributed by atoms with E-state index < -0.39 is 23.0 Å². The van der Waals surface area contributed by atoms with Gasteiger partial charge in [-0.05, 0) is 53.8 Å². The maximum Gasteiger partial charge on any atom is 0.314 e. The van der Waals surface area contributed by atoms with E-state index in [1.165, 1.54) is 14.2 Å². The zero-order valence-electron chi connectivity index (χ0n) is 16.0. The normalized spacial score (nSPS) is 24.2. The lowest BCUT2D eigenvalue weighted by Gasteiger charge is -2.47. The lowest BCUT2D eigenvalue weighted by Crippen LogP contribution is -2.53. The molecule has 2 aromatic carbocycles. The topological polar surface area (TPSA) is 82.1 Å². The molecule has 27 heavy (non-hydrogen) atoms. The highest BCUT2D eigenvalue weighted by molar-refractivity contribution is 5.90. The fourth-order valence-corrected chi connectivity index (χ4v) is 4.10. The molecular weight excluding hydrogens is 348 g/mol. The van der Waals surface area contributed by atoms with Gasteiger partial charge in [0.05, 0.1) is 33.2 Å². The number of hydrogen-bond donors (Lipinski definition) is 1. The Morgan fingerprint density at radius 2 is 1.85 bits per heavy atom. The van der Waals surface area contributed by atoms with Crippen molar-refractivity contribution in [1.82, 2.24) is 0 Å². The predicted molar refractivity (Wildman–Crippen MR) is 99.5 cm³/mol. The summed E-state index contributed by atoms with van der Waals surface area (Å²) >= 11 is 0. The van der Waals surface area contributed by atoms with Crippen molar-refractivity contribution in [2.45, 2.75) is 31.8 Å². The highest BCUT2D eigenvalue weighted by atomic mass is 16.5. The van der Waals surface area contributed by atoms with Crippen LogP contribution in [0.15, 0.2) is 30.3 Å². The highest BCUT2D eigenvalue weighted by Gasteiger charge is 2.58. The molecule has 0 heterocycles. The molecule has 1 N–H and O–H groups in total. The van der Waals surface area contributed by atoms with Crippen LogP contribution in [0.4, 0.5) is 0 Å². The molecule has 0 spiro atoms. The third-order valence-electron chi connectivity index (χ3n) is 5.84. The van der Waals surface area contributed by atoms with Gasteiger partial charge in [-0.3, -0.25) is 9.59 Å².